The minimum absolute atomic E-state index is 0.0214. The van der Waals surface area contributed by atoms with E-state index < -0.39 is 5.60 Å². The van der Waals surface area contributed by atoms with Crippen molar-refractivity contribution in [3.8, 4) is 5.75 Å². The molecule has 2 aromatic carbocycles. The van der Waals surface area contributed by atoms with Crippen LogP contribution in [0.1, 0.15) is 56.1 Å². The van der Waals surface area contributed by atoms with Crippen LogP contribution in [-0.4, -0.2) is 17.4 Å². The molecule has 1 heterocycles. The van der Waals surface area contributed by atoms with Crippen LogP contribution < -0.4 is 4.74 Å². The van der Waals surface area contributed by atoms with E-state index in [0.29, 0.717) is 25.4 Å². The van der Waals surface area contributed by atoms with Crippen molar-refractivity contribution >= 4 is 11.8 Å². The molecule has 1 saturated carbocycles. The molecule has 4 heteroatoms. The fourth-order valence-corrected chi connectivity index (χ4v) is 4.77. The summed E-state index contributed by atoms with van der Waals surface area (Å²) in [6, 6.07) is 18.2. The van der Waals surface area contributed by atoms with E-state index >= 15 is 0 Å². The summed E-state index contributed by atoms with van der Waals surface area (Å²) in [6.45, 7) is 0.530. The van der Waals surface area contributed by atoms with E-state index in [-0.39, 0.29) is 18.2 Å². The van der Waals surface area contributed by atoms with E-state index in [4.69, 9.17) is 9.47 Å². The van der Waals surface area contributed by atoms with E-state index in [2.05, 4.69) is 12.1 Å². The number of aryl methyl sites for hydroxylation is 1. The van der Waals surface area contributed by atoms with Gasteiger partial charge < -0.3 is 9.47 Å². The molecule has 2 aromatic rings. The number of esters is 1. The Hall–Kier alpha value is -2.62. The first-order valence-corrected chi connectivity index (χ1v) is 10.6. The molecular formula is C25H28O4. The zero-order chi connectivity index (χ0) is 20.1. The molecule has 2 fully saturated rings. The molecule has 152 valence electrons. The monoisotopic (exact) mass is 392 g/mol. The summed E-state index contributed by atoms with van der Waals surface area (Å²) in [5.74, 6) is 0.799. The minimum Gasteiger partial charge on any atom is -0.489 e. The molecule has 1 atom stereocenters. The van der Waals surface area contributed by atoms with Crippen LogP contribution >= 0.6 is 0 Å². The Kier molecular flexibility index (Phi) is 5.98. The van der Waals surface area contributed by atoms with Gasteiger partial charge in [0.05, 0.1) is 0 Å². The van der Waals surface area contributed by atoms with Gasteiger partial charge in [-0.05, 0) is 54.9 Å². The van der Waals surface area contributed by atoms with Crippen LogP contribution in [0.25, 0.3) is 0 Å². The van der Waals surface area contributed by atoms with Crippen molar-refractivity contribution in [3.63, 3.8) is 0 Å². The molecule has 0 radical (unpaired) electrons. The van der Waals surface area contributed by atoms with Gasteiger partial charge in [-0.2, -0.15) is 0 Å². The topological polar surface area (TPSA) is 52.6 Å². The zero-order valence-corrected chi connectivity index (χ0v) is 16.8. The number of hydrogen-bond donors (Lipinski definition) is 0. The smallest absolute Gasteiger partial charge is 0.313 e. The first-order chi connectivity index (χ1) is 14.1. The molecule has 1 saturated heterocycles. The lowest BCUT2D eigenvalue weighted by Crippen LogP contribution is -2.48. The van der Waals surface area contributed by atoms with Crippen LogP contribution in [0.15, 0.2) is 54.6 Å². The Labute approximate surface area is 172 Å². The molecule has 1 aliphatic heterocycles. The maximum atomic E-state index is 12.2. The SMILES string of the molecule is O=C1CC(=O)OC(CCc2cccc(OCc3ccccc3)c2)(C2CCCC2)C1. The van der Waals surface area contributed by atoms with Gasteiger partial charge in [-0.1, -0.05) is 55.3 Å². The molecule has 2 aliphatic rings. The Morgan fingerprint density at radius 3 is 2.48 bits per heavy atom. The molecule has 4 nitrogen and oxygen atoms in total. The summed E-state index contributed by atoms with van der Waals surface area (Å²) in [4.78, 5) is 24.3. The summed E-state index contributed by atoms with van der Waals surface area (Å²) in [6.07, 6.45) is 6.14. The first kappa shape index (κ1) is 19.7. The molecule has 1 aliphatic carbocycles. The molecule has 0 amide bonds. The minimum atomic E-state index is -0.621. The highest BCUT2D eigenvalue weighted by Crippen LogP contribution is 2.44. The number of carbonyl (C=O) groups excluding carboxylic acids is 2. The lowest BCUT2D eigenvalue weighted by atomic mass is 9.76. The molecular weight excluding hydrogens is 364 g/mol. The van der Waals surface area contributed by atoms with Crippen LogP contribution in [0.5, 0.6) is 5.75 Å². The summed E-state index contributed by atoms with van der Waals surface area (Å²) in [5.41, 5.74) is 1.65. The third-order valence-electron chi connectivity index (χ3n) is 6.24. The number of ether oxygens (including phenoxy) is 2. The van der Waals surface area contributed by atoms with E-state index in [1.165, 1.54) is 0 Å². The predicted molar refractivity (Wildman–Crippen MR) is 111 cm³/mol. The van der Waals surface area contributed by atoms with Gasteiger partial charge in [-0.25, -0.2) is 0 Å². The van der Waals surface area contributed by atoms with E-state index in [1.54, 1.807) is 0 Å². The predicted octanol–water partition coefficient (Wildman–Crippen LogP) is 5.03. The summed E-state index contributed by atoms with van der Waals surface area (Å²) < 4.78 is 11.8. The van der Waals surface area contributed by atoms with Gasteiger partial charge in [0, 0.05) is 6.42 Å². The number of rotatable bonds is 7. The highest BCUT2D eigenvalue weighted by Gasteiger charge is 2.47. The summed E-state index contributed by atoms with van der Waals surface area (Å²) in [5, 5.41) is 0. The normalized spacial score (nSPS) is 22.5. The Balaban J connectivity index is 1.43. The van der Waals surface area contributed by atoms with Crippen LogP contribution in [-0.2, 0) is 27.4 Å². The lowest BCUT2D eigenvalue weighted by molar-refractivity contribution is -0.178. The number of carbonyl (C=O) groups is 2. The van der Waals surface area contributed by atoms with Crippen molar-refractivity contribution < 1.29 is 19.1 Å². The maximum absolute atomic E-state index is 12.2. The van der Waals surface area contributed by atoms with Gasteiger partial charge >= 0.3 is 5.97 Å². The van der Waals surface area contributed by atoms with Crippen molar-refractivity contribution in [2.24, 2.45) is 5.92 Å². The number of hydrogen-bond acceptors (Lipinski definition) is 4. The van der Waals surface area contributed by atoms with Crippen molar-refractivity contribution in [1.29, 1.82) is 0 Å². The molecule has 29 heavy (non-hydrogen) atoms. The largest absolute Gasteiger partial charge is 0.489 e. The van der Waals surface area contributed by atoms with Crippen LogP contribution in [0.4, 0.5) is 0 Å². The number of benzene rings is 2. The van der Waals surface area contributed by atoms with Gasteiger partial charge in [0.15, 0.2) is 0 Å². The average Bonchev–Trinajstić information content (AvgIpc) is 3.27. The second-order valence-corrected chi connectivity index (χ2v) is 8.33. The third kappa shape index (κ3) is 4.87. The quantitative estimate of drug-likeness (QED) is 0.490. The second-order valence-electron chi connectivity index (χ2n) is 8.33. The molecule has 4 rings (SSSR count). The van der Waals surface area contributed by atoms with Crippen LogP contribution in [0.2, 0.25) is 0 Å². The maximum Gasteiger partial charge on any atom is 0.313 e. The zero-order valence-electron chi connectivity index (χ0n) is 16.8. The van der Waals surface area contributed by atoms with Gasteiger partial charge in [-0.3, -0.25) is 9.59 Å². The highest BCUT2D eigenvalue weighted by atomic mass is 16.6. The van der Waals surface area contributed by atoms with Crippen molar-refractivity contribution in [2.45, 2.75) is 63.6 Å². The Bertz CT molecular complexity index is 836. The van der Waals surface area contributed by atoms with E-state index in [1.807, 2.05) is 42.5 Å². The molecule has 0 aromatic heterocycles. The molecule has 0 bridgehead atoms. The summed E-state index contributed by atoms with van der Waals surface area (Å²) in [7, 11) is 0. The summed E-state index contributed by atoms with van der Waals surface area (Å²) >= 11 is 0. The third-order valence-corrected chi connectivity index (χ3v) is 6.24. The lowest BCUT2D eigenvalue weighted by Gasteiger charge is -2.41. The Morgan fingerprint density at radius 2 is 1.72 bits per heavy atom. The van der Waals surface area contributed by atoms with Gasteiger partial charge in [0.1, 0.15) is 30.2 Å². The standard InChI is InChI=1S/C25H28O4/c26-22-16-24(27)29-25(17-22,21-10-4-5-11-21)14-13-19-9-6-12-23(15-19)28-18-20-7-2-1-3-8-20/h1-3,6-9,12,15,21H,4-5,10-11,13-14,16-18H2. The van der Waals surface area contributed by atoms with Crippen LogP contribution in [0, 0.1) is 5.92 Å². The number of cyclic esters (lactones) is 1. The van der Waals surface area contributed by atoms with Crippen molar-refractivity contribution in [3.05, 3.63) is 65.7 Å². The average molecular weight is 392 g/mol. The Morgan fingerprint density at radius 1 is 0.966 bits per heavy atom. The molecule has 0 N–H and O–H groups in total. The fraction of sp³-hybridized carbons (Fsp3) is 0.440. The first-order valence-electron chi connectivity index (χ1n) is 10.6. The van der Waals surface area contributed by atoms with Gasteiger partial charge in [0.25, 0.3) is 0 Å². The van der Waals surface area contributed by atoms with Crippen LogP contribution in [0.3, 0.4) is 0 Å². The molecule has 0 spiro atoms. The second kappa shape index (κ2) is 8.81. The van der Waals surface area contributed by atoms with E-state index in [0.717, 1.165) is 49.0 Å². The van der Waals surface area contributed by atoms with Crippen molar-refractivity contribution in [2.75, 3.05) is 0 Å². The van der Waals surface area contributed by atoms with Crippen molar-refractivity contribution in [1.82, 2.24) is 0 Å². The van der Waals surface area contributed by atoms with Gasteiger partial charge in [-0.15, -0.1) is 0 Å². The highest BCUT2D eigenvalue weighted by molar-refractivity contribution is 5.98. The number of ketones is 1. The van der Waals surface area contributed by atoms with Gasteiger partial charge in [0.2, 0.25) is 0 Å². The van der Waals surface area contributed by atoms with E-state index in [9.17, 15) is 9.59 Å². The number of Topliss-reactive ketones (excluding diaryl/α,β-unsaturated/α-hetero) is 1. The fourth-order valence-electron chi connectivity index (χ4n) is 4.77. The molecule has 1 unspecified atom stereocenters.